The molecule has 0 spiro atoms. The predicted molar refractivity (Wildman–Crippen MR) is 446 cm³/mol. The lowest BCUT2D eigenvalue weighted by atomic mass is 10.00. The van der Waals surface area contributed by atoms with Gasteiger partial charge in [0.1, 0.15) is 41.6 Å². The van der Waals surface area contributed by atoms with Crippen molar-refractivity contribution >= 4 is 93.9 Å². The molecular formula is C84H131N13O23. The number of carbonyl (C=O) groups is 13. The van der Waals surface area contributed by atoms with Crippen molar-refractivity contribution in [1.29, 1.82) is 0 Å². The van der Waals surface area contributed by atoms with E-state index in [0.717, 1.165) is 17.1 Å². The second-order valence-corrected chi connectivity index (χ2v) is 35.0. The Kier molecular flexibility index (Phi) is 40.7. The van der Waals surface area contributed by atoms with Gasteiger partial charge in [-0.15, -0.1) is 0 Å². The number of rotatable bonds is 51. The average molecular weight is 1690 g/mol. The molecule has 3 atom stereocenters. The highest BCUT2D eigenvalue weighted by atomic mass is 16.6. The Morgan fingerprint density at radius 2 is 0.992 bits per heavy atom. The largest absolute Gasteiger partial charge is 0.445 e. The van der Waals surface area contributed by atoms with Gasteiger partial charge < -0.3 is 106 Å². The summed E-state index contributed by atoms with van der Waals surface area (Å²) in [6.45, 7) is 29.7. The summed E-state index contributed by atoms with van der Waals surface area (Å²) in [5.74, 6) is -7.75. The van der Waals surface area contributed by atoms with Crippen molar-refractivity contribution in [3.05, 3.63) is 82.7 Å². The molecule has 36 heteroatoms. The fraction of sp³-hybridized carbons (Fsp3) is 0.643. The monoisotopic (exact) mass is 1690 g/mol. The van der Waals surface area contributed by atoms with E-state index in [4.69, 9.17) is 48.0 Å². The van der Waals surface area contributed by atoms with Crippen LogP contribution in [0.15, 0.2) is 76.0 Å². The average Bonchev–Trinajstić information content (AvgIpc) is 1.61. The molecule has 1 aromatic heterocycles. The molecule has 2 heterocycles. The zero-order chi connectivity index (χ0) is 90.0. The molecule has 120 heavy (non-hydrogen) atoms. The molecule has 0 fully saturated rings. The molecule has 1 aliphatic rings. The van der Waals surface area contributed by atoms with Crippen LogP contribution in [0.4, 0.5) is 20.1 Å². The van der Waals surface area contributed by atoms with Gasteiger partial charge in [-0.25, -0.2) is 19.2 Å². The van der Waals surface area contributed by atoms with Crippen LogP contribution in [0, 0.1) is 5.92 Å². The Bertz CT molecular complexity index is 3880. The summed E-state index contributed by atoms with van der Waals surface area (Å²) in [5, 5.41) is 25.6. The smallest absolute Gasteiger partial charge is 0.415 e. The van der Waals surface area contributed by atoms with Crippen LogP contribution >= 0.6 is 0 Å². The van der Waals surface area contributed by atoms with Crippen molar-refractivity contribution < 1.29 is 105 Å². The number of amides is 14. The number of fused-ring (bicyclic) bond motifs is 1. The molecule has 14 amide bonds. The van der Waals surface area contributed by atoms with Gasteiger partial charge in [0.05, 0.1) is 62.9 Å². The maximum Gasteiger partial charge on any atom is 0.415 e. The lowest BCUT2D eigenvalue weighted by Gasteiger charge is -2.36. The normalized spacial score (nSPS) is 13.5. The molecule has 36 nitrogen and oxygen atoms in total. The van der Waals surface area contributed by atoms with E-state index in [1.165, 1.54) is 48.2 Å². The van der Waals surface area contributed by atoms with Crippen LogP contribution < -0.4 is 63.9 Å². The predicted octanol–water partition coefficient (Wildman–Crippen LogP) is 6.07. The summed E-state index contributed by atoms with van der Waals surface area (Å²) < 4.78 is 52.6. The number of primary amides is 1. The maximum atomic E-state index is 15.4. The van der Waals surface area contributed by atoms with E-state index in [2.05, 4.69) is 47.9 Å². The third-order valence-corrected chi connectivity index (χ3v) is 18.3. The van der Waals surface area contributed by atoms with Gasteiger partial charge in [-0.3, -0.25) is 52.8 Å². The SMILES string of the molecule is CC(C)C(NC(=O)C[C@H](NC(=O)CCN1C(=O)C=CC1=O)C(=O)NC(COCCC(=O)NC(C)(C)CCOC(C)(C)C)(COCCC(=O)NC(C)(C)CCOC(C)(C)C)COCCC(=O)NC(C)(C)CCOC(C)(C)C)C(=O)N[C@@H](CCCNC(N)=O)C(=O)Nc1ccc(COC(=O)N(C)CCN(C)C(=O)Oc2ccc3ccc(=O)oc3c2)cc1. The van der Waals surface area contributed by atoms with Crippen LogP contribution in [0.3, 0.4) is 0 Å². The Balaban J connectivity index is 1.63. The molecule has 0 radical (unpaired) electrons. The first-order valence-corrected chi connectivity index (χ1v) is 40.4. The van der Waals surface area contributed by atoms with Crippen LogP contribution in [0.5, 0.6) is 5.75 Å². The van der Waals surface area contributed by atoms with Crippen molar-refractivity contribution in [1.82, 2.24) is 57.2 Å². The Morgan fingerprint density at radius 1 is 0.517 bits per heavy atom. The Labute approximate surface area is 703 Å². The summed E-state index contributed by atoms with van der Waals surface area (Å²) in [6, 6.07) is 8.12. The standard InChI is InChI=1S/C84H131N13O23/c1-55(2)71(74(108)89-60(21-20-39-86-75(85)109)72(106)87-58-26-22-56(23-27-58)51-115-76(110)95(18)41-42-96(19)77(111)119-59-28-24-57-25-31-70(105)120-62(57)49-59)90-67(102)50-61(88-63(98)32-40-97-68(103)29-30-69(97)104)73(107)94-84(52-112-43-33-64(99)91-81(12,13)36-46-116-78(3,4)5,53-113-44-34-65(100)92-82(14,15)37-47-117-79(6,7)8)54-114-45-35-66(101)93-83(16,17)38-48-118-80(9,10)11/h22-31,49,55,60-61,71H,20-21,32-48,50-54H2,1-19H3,(H,87,106)(H,88,98)(H,89,108)(H,90,102)(H,91,99)(H,92,100)(H,93,101)(H,94,107)(H3,85,86,109)/t60-,61-,71?/m0/s1. The van der Waals surface area contributed by atoms with Crippen molar-refractivity contribution in [2.75, 3.05) is 105 Å². The van der Waals surface area contributed by atoms with Gasteiger partial charge in [-0.1, -0.05) is 26.0 Å². The van der Waals surface area contributed by atoms with Crippen LogP contribution in [0.2, 0.25) is 0 Å². The van der Waals surface area contributed by atoms with Crippen LogP contribution in [0.25, 0.3) is 11.0 Å². The van der Waals surface area contributed by atoms with Gasteiger partial charge in [0, 0.05) is 138 Å². The number of nitrogens with zero attached hydrogens (tertiary/aromatic N) is 3. The van der Waals surface area contributed by atoms with Crippen molar-refractivity contribution in [2.24, 2.45) is 11.7 Å². The van der Waals surface area contributed by atoms with E-state index >= 15 is 4.79 Å². The van der Waals surface area contributed by atoms with Gasteiger partial charge in [0.2, 0.25) is 47.3 Å². The first-order chi connectivity index (χ1) is 55.8. The molecule has 3 aromatic rings. The molecule has 0 aliphatic carbocycles. The van der Waals surface area contributed by atoms with Crippen LogP contribution in [-0.4, -0.2) is 249 Å². The van der Waals surface area contributed by atoms with Crippen molar-refractivity contribution in [3.63, 3.8) is 0 Å². The number of ether oxygens (including phenoxy) is 8. The highest BCUT2D eigenvalue weighted by molar-refractivity contribution is 6.13. The fourth-order valence-corrected chi connectivity index (χ4v) is 11.5. The zero-order valence-corrected chi connectivity index (χ0v) is 73.4. The van der Waals surface area contributed by atoms with E-state index in [1.807, 2.05) is 104 Å². The number of hydrogen-bond donors (Lipinski definition) is 10. The summed E-state index contributed by atoms with van der Waals surface area (Å²) in [6.07, 6.45) is -0.0341. The number of nitrogens with two attached hydrogens (primary N) is 1. The van der Waals surface area contributed by atoms with Gasteiger partial charge >= 0.3 is 23.8 Å². The minimum absolute atomic E-state index is 0.0125. The number of benzene rings is 2. The summed E-state index contributed by atoms with van der Waals surface area (Å²) in [4.78, 5) is 192. The number of anilines is 1. The highest BCUT2D eigenvalue weighted by Crippen LogP contribution is 2.23. The topological polar surface area (TPSA) is 470 Å². The number of nitrogens with one attached hydrogen (secondary N) is 9. The van der Waals surface area contributed by atoms with Gasteiger partial charge in [-0.05, 0) is 178 Å². The number of hydrogen-bond acceptors (Lipinski definition) is 23. The molecule has 1 aliphatic heterocycles. The van der Waals surface area contributed by atoms with Gasteiger partial charge in [0.15, 0.2) is 0 Å². The minimum Gasteiger partial charge on any atom is -0.445 e. The van der Waals surface area contributed by atoms with Gasteiger partial charge in [-0.2, -0.15) is 0 Å². The molecule has 1 unspecified atom stereocenters. The first-order valence-electron chi connectivity index (χ1n) is 40.4. The minimum atomic E-state index is -1.86. The summed E-state index contributed by atoms with van der Waals surface area (Å²) in [7, 11) is 2.94. The Hall–Kier alpha value is -10.1. The van der Waals surface area contributed by atoms with Crippen molar-refractivity contribution in [2.45, 2.75) is 246 Å². The lowest BCUT2D eigenvalue weighted by molar-refractivity contribution is -0.138. The number of imide groups is 1. The number of likely N-dealkylation sites (N-methyl/N-ethyl adjacent to an activating group) is 2. The molecular weight excluding hydrogens is 1560 g/mol. The first kappa shape index (κ1) is 102. The fourth-order valence-electron chi connectivity index (χ4n) is 11.5. The van der Waals surface area contributed by atoms with E-state index < -0.39 is 185 Å². The molecule has 2 aromatic carbocycles. The molecule has 0 saturated heterocycles. The molecule has 0 bridgehead atoms. The summed E-state index contributed by atoms with van der Waals surface area (Å²) >= 11 is 0. The van der Waals surface area contributed by atoms with E-state index in [0.29, 0.717) is 50.0 Å². The second kappa shape index (κ2) is 47.7. The number of urea groups is 1. The van der Waals surface area contributed by atoms with E-state index in [-0.39, 0.29) is 95.2 Å². The summed E-state index contributed by atoms with van der Waals surface area (Å²) in [5.41, 5.74) is 0.500. The highest BCUT2D eigenvalue weighted by Gasteiger charge is 2.40. The maximum absolute atomic E-state index is 15.4. The molecule has 11 N–H and O–H groups in total. The van der Waals surface area contributed by atoms with Crippen molar-refractivity contribution in [3.8, 4) is 5.75 Å². The lowest BCUT2D eigenvalue weighted by Crippen LogP contribution is -2.63. The number of carbonyl (C=O) groups excluding carboxylic acids is 13. The van der Waals surface area contributed by atoms with E-state index in [1.54, 1.807) is 44.2 Å². The van der Waals surface area contributed by atoms with Crippen LogP contribution in [-0.2, 0) is 87.7 Å². The zero-order valence-electron chi connectivity index (χ0n) is 73.4. The Morgan fingerprint density at radius 3 is 1.46 bits per heavy atom. The van der Waals surface area contributed by atoms with Crippen LogP contribution in [0.1, 0.15) is 187 Å². The van der Waals surface area contributed by atoms with E-state index in [9.17, 15) is 62.3 Å². The van der Waals surface area contributed by atoms with Gasteiger partial charge in [0.25, 0.3) is 11.8 Å². The third kappa shape index (κ3) is 41.2. The molecule has 670 valence electrons. The molecule has 4 rings (SSSR count). The quantitative estimate of drug-likeness (QED) is 0.0174. The molecule has 0 saturated carbocycles. The third-order valence-electron chi connectivity index (χ3n) is 18.3. The second-order valence-electron chi connectivity index (χ2n) is 35.0.